The van der Waals surface area contributed by atoms with Crippen molar-refractivity contribution in [1.29, 1.82) is 0 Å². The monoisotopic (exact) mass is 591 g/mol. The zero-order valence-corrected chi connectivity index (χ0v) is 23.2. The molecule has 13 nitrogen and oxygen atoms in total. The molecule has 3 aromatic carbocycles. The van der Waals surface area contributed by atoms with Gasteiger partial charge >= 0.3 is 0 Å². The number of rotatable bonds is 11. The van der Waals surface area contributed by atoms with E-state index >= 15 is 0 Å². The number of nitrogens with one attached hydrogen (secondary N) is 2. The molecule has 14 heteroatoms. The fourth-order valence-electron chi connectivity index (χ4n) is 3.76. The molecule has 1 aromatic heterocycles. The van der Waals surface area contributed by atoms with E-state index in [0.717, 1.165) is 4.31 Å². The predicted octanol–water partition coefficient (Wildman–Crippen LogP) is 4.17. The molecule has 0 saturated heterocycles. The van der Waals surface area contributed by atoms with Gasteiger partial charge in [0.2, 0.25) is 5.91 Å². The maximum Gasteiger partial charge on any atom is 0.269 e. The van der Waals surface area contributed by atoms with Crippen LogP contribution in [0.15, 0.2) is 99.3 Å². The van der Waals surface area contributed by atoms with Gasteiger partial charge in [0.15, 0.2) is 0 Å². The first-order valence-electron chi connectivity index (χ1n) is 12.3. The highest BCUT2D eigenvalue weighted by Crippen LogP contribution is 2.27. The average molecular weight is 592 g/mol. The highest BCUT2D eigenvalue weighted by Gasteiger charge is 2.27. The molecule has 216 valence electrons. The molecule has 4 aromatic rings. The molecule has 0 aliphatic rings. The fraction of sp³-hybridized carbons (Fsp3) is 0.107. The quantitative estimate of drug-likeness (QED) is 0.148. The molecule has 1 heterocycles. The van der Waals surface area contributed by atoms with Crippen LogP contribution in [0.4, 0.5) is 17.1 Å². The van der Waals surface area contributed by atoms with Crippen LogP contribution < -0.4 is 19.8 Å². The number of sulfonamides is 1. The second kappa shape index (κ2) is 12.8. The number of hydrogen-bond donors (Lipinski definition) is 2. The maximum absolute atomic E-state index is 13.6. The molecule has 0 spiro atoms. The Kier molecular flexibility index (Phi) is 8.97. The summed E-state index contributed by atoms with van der Waals surface area (Å²) >= 11 is 0. The van der Waals surface area contributed by atoms with Crippen molar-refractivity contribution < 1.29 is 32.1 Å². The lowest BCUT2D eigenvalue weighted by atomic mass is 10.1. The first kappa shape index (κ1) is 29.5. The molecule has 0 atom stereocenters. The van der Waals surface area contributed by atoms with Crippen LogP contribution in [-0.4, -0.2) is 45.0 Å². The molecule has 4 rings (SSSR count). The van der Waals surface area contributed by atoms with Gasteiger partial charge in [0.1, 0.15) is 23.8 Å². The largest absolute Gasteiger partial charge is 0.497 e. The highest BCUT2D eigenvalue weighted by molar-refractivity contribution is 7.92. The third kappa shape index (κ3) is 7.17. The Morgan fingerprint density at radius 2 is 1.67 bits per heavy atom. The van der Waals surface area contributed by atoms with E-state index in [4.69, 9.17) is 9.15 Å². The van der Waals surface area contributed by atoms with Crippen LogP contribution >= 0.6 is 0 Å². The van der Waals surface area contributed by atoms with Gasteiger partial charge < -0.3 is 14.5 Å². The van der Waals surface area contributed by atoms with Crippen molar-refractivity contribution in [2.24, 2.45) is 5.10 Å². The standard InChI is InChI=1S/C28H25N5O8S/c1-19(34)30-21-5-14-26(15-6-21)42(38,39)32(22-9-11-24(40-2)12-10-22)18-28(35)31-29-17-25-13-16-27(41-25)20-3-7-23(8-4-20)33(36)37/h3-17H,18H2,1-2H3,(H,30,34)(H,31,35)/b29-17-. The number of ether oxygens (including phenoxy) is 1. The number of non-ortho nitro benzene ring substituents is 1. The highest BCUT2D eigenvalue weighted by atomic mass is 32.2. The lowest BCUT2D eigenvalue weighted by Gasteiger charge is -2.24. The van der Waals surface area contributed by atoms with Crippen LogP contribution in [0.25, 0.3) is 11.3 Å². The van der Waals surface area contributed by atoms with Crippen molar-refractivity contribution >= 4 is 45.1 Å². The van der Waals surface area contributed by atoms with Gasteiger partial charge in [0.05, 0.1) is 28.8 Å². The second-order valence-corrected chi connectivity index (χ2v) is 10.6. The summed E-state index contributed by atoms with van der Waals surface area (Å²) in [6, 6.07) is 20.7. The summed E-state index contributed by atoms with van der Waals surface area (Å²) in [7, 11) is -2.75. The number of carbonyl (C=O) groups is 2. The van der Waals surface area contributed by atoms with Crippen molar-refractivity contribution in [3.8, 4) is 17.1 Å². The van der Waals surface area contributed by atoms with E-state index in [1.807, 2.05) is 0 Å². The van der Waals surface area contributed by atoms with E-state index < -0.39 is 27.4 Å². The van der Waals surface area contributed by atoms with Crippen molar-refractivity contribution in [3.05, 3.63) is 101 Å². The topological polar surface area (TPSA) is 173 Å². The van der Waals surface area contributed by atoms with Gasteiger partial charge in [-0.05, 0) is 72.8 Å². The normalized spacial score (nSPS) is 11.2. The van der Waals surface area contributed by atoms with Gasteiger partial charge in [-0.1, -0.05) is 0 Å². The van der Waals surface area contributed by atoms with E-state index in [9.17, 15) is 28.1 Å². The van der Waals surface area contributed by atoms with Gasteiger partial charge in [-0.15, -0.1) is 0 Å². The summed E-state index contributed by atoms with van der Waals surface area (Å²) in [6.45, 7) is 0.729. The van der Waals surface area contributed by atoms with Gasteiger partial charge in [-0.2, -0.15) is 5.10 Å². The molecule has 0 bridgehead atoms. The summed E-state index contributed by atoms with van der Waals surface area (Å²) in [6.07, 6.45) is 1.24. The van der Waals surface area contributed by atoms with E-state index in [-0.39, 0.29) is 27.9 Å². The van der Waals surface area contributed by atoms with Gasteiger partial charge in [-0.25, -0.2) is 13.8 Å². The number of hydrazone groups is 1. The number of nitro benzene ring substituents is 1. The van der Waals surface area contributed by atoms with Crippen LogP contribution in [0.2, 0.25) is 0 Å². The van der Waals surface area contributed by atoms with Crippen molar-refractivity contribution in [2.75, 3.05) is 23.3 Å². The van der Waals surface area contributed by atoms with E-state index in [1.165, 1.54) is 68.8 Å². The van der Waals surface area contributed by atoms with Crippen LogP contribution in [0.3, 0.4) is 0 Å². The number of carbonyl (C=O) groups excluding carboxylic acids is 2. The molecular weight excluding hydrogens is 566 g/mol. The van der Waals surface area contributed by atoms with Crippen LogP contribution in [-0.2, 0) is 19.6 Å². The van der Waals surface area contributed by atoms with E-state index in [2.05, 4.69) is 15.8 Å². The maximum atomic E-state index is 13.6. The number of furan rings is 1. The Labute approximate surface area is 240 Å². The smallest absolute Gasteiger partial charge is 0.269 e. The lowest BCUT2D eigenvalue weighted by molar-refractivity contribution is -0.384. The Balaban J connectivity index is 1.49. The summed E-state index contributed by atoms with van der Waals surface area (Å²) in [5, 5.41) is 17.3. The number of methoxy groups -OCH3 is 1. The Bertz CT molecular complexity index is 1720. The zero-order valence-electron chi connectivity index (χ0n) is 22.4. The minimum atomic E-state index is -4.22. The van der Waals surface area contributed by atoms with Crippen LogP contribution in [0, 0.1) is 10.1 Å². The van der Waals surface area contributed by atoms with Gasteiger partial charge in [0, 0.05) is 30.3 Å². The molecule has 0 aliphatic heterocycles. The number of anilines is 2. The first-order chi connectivity index (χ1) is 20.1. The minimum Gasteiger partial charge on any atom is -0.497 e. The number of hydrogen-bond acceptors (Lipinski definition) is 9. The van der Waals surface area contributed by atoms with Crippen LogP contribution in [0.5, 0.6) is 5.75 Å². The molecule has 0 unspecified atom stereocenters. The first-order valence-corrected chi connectivity index (χ1v) is 13.7. The predicted molar refractivity (Wildman–Crippen MR) is 155 cm³/mol. The molecule has 2 N–H and O–H groups in total. The molecular formula is C28H25N5O8S. The van der Waals surface area contributed by atoms with E-state index in [1.54, 1.807) is 36.4 Å². The van der Waals surface area contributed by atoms with Gasteiger partial charge in [0.25, 0.3) is 21.6 Å². The second-order valence-electron chi connectivity index (χ2n) is 8.71. The Morgan fingerprint density at radius 1 is 1.00 bits per heavy atom. The summed E-state index contributed by atoms with van der Waals surface area (Å²) in [4.78, 5) is 34.4. The molecule has 2 amide bonds. The van der Waals surface area contributed by atoms with Crippen LogP contribution in [0.1, 0.15) is 12.7 Å². The van der Waals surface area contributed by atoms with Crippen molar-refractivity contribution in [2.45, 2.75) is 11.8 Å². The number of benzene rings is 3. The fourth-order valence-corrected chi connectivity index (χ4v) is 5.18. The lowest BCUT2D eigenvalue weighted by Crippen LogP contribution is -2.39. The van der Waals surface area contributed by atoms with Gasteiger partial charge in [-0.3, -0.25) is 24.0 Å². The third-order valence-electron chi connectivity index (χ3n) is 5.78. The summed E-state index contributed by atoms with van der Waals surface area (Å²) in [5.41, 5.74) is 3.47. The average Bonchev–Trinajstić information content (AvgIpc) is 3.45. The summed E-state index contributed by atoms with van der Waals surface area (Å²) in [5.74, 6) is 0.167. The number of nitro groups is 1. The molecule has 0 radical (unpaired) electrons. The molecule has 0 fully saturated rings. The summed E-state index contributed by atoms with van der Waals surface area (Å²) < 4.78 is 38.9. The Morgan fingerprint density at radius 3 is 2.26 bits per heavy atom. The minimum absolute atomic E-state index is 0.0532. The zero-order chi connectivity index (χ0) is 30.3. The number of amides is 2. The SMILES string of the molecule is COc1ccc(N(CC(=O)N/N=C\c2ccc(-c3ccc([N+](=O)[O-])cc3)o2)S(=O)(=O)c2ccc(NC(C)=O)cc2)cc1. The molecule has 0 saturated carbocycles. The van der Waals surface area contributed by atoms with Crippen molar-refractivity contribution in [1.82, 2.24) is 5.43 Å². The van der Waals surface area contributed by atoms with Crippen molar-refractivity contribution in [3.63, 3.8) is 0 Å². The third-order valence-corrected chi connectivity index (χ3v) is 7.57. The Hall–Kier alpha value is -5.50. The molecule has 0 aliphatic carbocycles. The number of nitrogens with zero attached hydrogens (tertiary/aromatic N) is 3. The van der Waals surface area contributed by atoms with E-state index in [0.29, 0.717) is 22.8 Å². The molecule has 42 heavy (non-hydrogen) atoms.